The van der Waals surface area contributed by atoms with Crippen LogP contribution in [-0.2, 0) is 0 Å². The van der Waals surface area contributed by atoms with Crippen LogP contribution in [0.1, 0.15) is 53.0 Å². The van der Waals surface area contributed by atoms with Crippen molar-refractivity contribution in [3.05, 3.63) is 93.2 Å². The normalized spacial score (nSPS) is 16.6. The lowest BCUT2D eigenvalue weighted by atomic mass is 9.83. The molecular weight excluding hydrogens is 409 g/mol. The fourth-order valence-corrected chi connectivity index (χ4v) is 4.44. The first kappa shape index (κ1) is 21.7. The summed E-state index contributed by atoms with van der Waals surface area (Å²) in [6.07, 6.45) is 1.19. The lowest BCUT2D eigenvalue weighted by Crippen LogP contribution is -2.47. The van der Waals surface area contributed by atoms with Gasteiger partial charge in [-0.05, 0) is 44.0 Å². The van der Waals surface area contributed by atoms with Gasteiger partial charge < -0.3 is 9.64 Å². The van der Waals surface area contributed by atoms with E-state index < -0.39 is 5.43 Å². The summed E-state index contributed by atoms with van der Waals surface area (Å²) in [7, 11) is 0. The number of carbonyl (C=O) groups is 1. The second-order valence-corrected chi connectivity index (χ2v) is 7.92. The third-order valence-corrected chi connectivity index (χ3v) is 5.84. The predicted molar refractivity (Wildman–Crippen MR) is 120 cm³/mol. The van der Waals surface area contributed by atoms with E-state index in [4.69, 9.17) is 4.74 Å². The van der Waals surface area contributed by atoms with E-state index in [1.54, 1.807) is 22.6 Å². The standard InChI is InChI=1S/C25H26FN3O3/c1-4-28-15-20(29-23(25(28)31)24(32-5-2)21(30)14-27-29)22(17-9-6-8-16(3)12-17)18-10-7-11-19(26)13-18/h6-14,20,22H,4-5,15H2,1-3H3. The van der Waals surface area contributed by atoms with Gasteiger partial charge in [0.2, 0.25) is 5.43 Å². The van der Waals surface area contributed by atoms with Crippen molar-refractivity contribution in [2.45, 2.75) is 32.7 Å². The van der Waals surface area contributed by atoms with Crippen molar-refractivity contribution in [2.24, 2.45) is 0 Å². The minimum Gasteiger partial charge on any atom is -0.488 e. The van der Waals surface area contributed by atoms with E-state index in [2.05, 4.69) is 11.2 Å². The molecule has 2 aromatic carbocycles. The van der Waals surface area contributed by atoms with Crippen LogP contribution in [0, 0.1) is 12.7 Å². The van der Waals surface area contributed by atoms with Crippen molar-refractivity contribution in [1.82, 2.24) is 14.7 Å². The van der Waals surface area contributed by atoms with E-state index in [-0.39, 0.29) is 41.7 Å². The highest BCUT2D eigenvalue weighted by Gasteiger charge is 2.39. The van der Waals surface area contributed by atoms with Crippen LogP contribution in [0.25, 0.3) is 0 Å². The molecule has 6 nitrogen and oxygen atoms in total. The average Bonchev–Trinajstić information content (AvgIpc) is 2.77. The predicted octanol–water partition coefficient (Wildman–Crippen LogP) is 3.94. The molecule has 3 aromatic rings. The van der Waals surface area contributed by atoms with Crippen molar-refractivity contribution in [1.29, 1.82) is 0 Å². The number of likely N-dealkylation sites (N-methyl/N-ethyl adjacent to an activating group) is 1. The number of carbonyl (C=O) groups excluding carboxylic acids is 1. The second kappa shape index (κ2) is 8.94. The quantitative estimate of drug-likeness (QED) is 0.588. The van der Waals surface area contributed by atoms with E-state index >= 15 is 0 Å². The number of aromatic nitrogens is 2. The Morgan fingerprint density at radius 3 is 2.50 bits per heavy atom. The lowest BCUT2D eigenvalue weighted by Gasteiger charge is -2.39. The summed E-state index contributed by atoms with van der Waals surface area (Å²) < 4.78 is 21.5. The van der Waals surface area contributed by atoms with Crippen LogP contribution in [0.5, 0.6) is 5.75 Å². The van der Waals surface area contributed by atoms with E-state index in [9.17, 15) is 14.0 Å². The first-order valence-corrected chi connectivity index (χ1v) is 10.8. The van der Waals surface area contributed by atoms with Gasteiger partial charge in [0.1, 0.15) is 5.82 Å². The van der Waals surface area contributed by atoms with Gasteiger partial charge in [0.15, 0.2) is 11.4 Å². The second-order valence-electron chi connectivity index (χ2n) is 7.92. The molecule has 0 N–H and O–H groups in total. The number of fused-ring (bicyclic) bond motifs is 1. The molecule has 0 fully saturated rings. The number of hydrogen-bond donors (Lipinski definition) is 0. The summed E-state index contributed by atoms with van der Waals surface area (Å²) in [6, 6.07) is 14.2. The van der Waals surface area contributed by atoms with Crippen molar-refractivity contribution >= 4 is 5.91 Å². The summed E-state index contributed by atoms with van der Waals surface area (Å²) in [5, 5.41) is 4.36. The smallest absolute Gasteiger partial charge is 0.276 e. The van der Waals surface area contributed by atoms with Gasteiger partial charge in [0.05, 0.1) is 18.8 Å². The maximum atomic E-state index is 14.3. The monoisotopic (exact) mass is 435 g/mol. The Bertz CT molecular complexity index is 1160. The van der Waals surface area contributed by atoms with Crippen LogP contribution < -0.4 is 10.2 Å². The summed E-state index contributed by atoms with van der Waals surface area (Å²) in [5.74, 6) is -0.907. The van der Waals surface area contributed by atoms with E-state index in [0.29, 0.717) is 13.1 Å². The molecule has 7 heteroatoms. The van der Waals surface area contributed by atoms with E-state index in [1.807, 2.05) is 38.1 Å². The maximum absolute atomic E-state index is 14.3. The van der Waals surface area contributed by atoms with Crippen molar-refractivity contribution in [3.63, 3.8) is 0 Å². The zero-order valence-electron chi connectivity index (χ0n) is 18.4. The topological polar surface area (TPSA) is 64.4 Å². The molecular formula is C25H26FN3O3. The molecule has 0 aliphatic carbocycles. The van der Waals surface area contributed by atoms with Gasteiger partial charge >= 0.3 is 0 Å². The molecule has 0 radical (unpaired) electrons. The zero-order chi connectivity index (χ0) is 22.8. The molecule has 32 heavy (non-hydrogen) atoms. The van der Waals surface area contributed by atoms with Gasteiger partial charge in [-0.2, -0.15) is 5.10 Å². The molecule has 166 valence electrons. The molecule has 2 heterocycles. The molecule has 2 unspecified atom stereocenters. The fraction of sp³-hybridized carbons (Fsp3) is 0.320. The molecule has 1 amide bonds. The highest BCUT2D eigenvalue weighted by Crippen LogP contribution is 2.39. The summed E-state index contributed by atoms with van der Waals surface area (Å²) >= 11 is 0. The number of benzene rings is 2. The van der Waals surface area contributed by atoms with Crippen molar-refractivity contribution < 1.29 is 13.9 Å². The highest BCUT2D eigenvalue weighted by atomic mass is 19.1. The first-order chi connectivity index (χ1) is 15.4. The Kier molecular flexibility index (Phi) is 6.08. The Morgan fingerprint density at radius 2 is 1.84 bits per heavy atom. The van der Waals surface area contributed by atoms with Crippen LogP contribution in [0.15, 0.2) is 59.5 Å². The number of nitrogens with zero attached hydrogens (tertiary/aromatic N) is 3. The third kappa shape index (κ3) is 3.90. The Balaban J connectivity index is 1.98. The number of rotatable bonds is 6. The zero-order valence-corrected chi connectivity index (χ0v) is 18.4. The Labute approximate surface area is 186 Å². The molecule has 0 saturated heterocycles. The van der Waals surface area contributed by atoms with Gasteiger partial charge in [-0.15, -0.1) is 0 Å². The maximum Gasteiger partial charge on any atom is 0.276 e. The molecule has 0 saturated carbocycles. The van der Waals surface area contributed by atoms with Gasteiger partial charge in [-0.3, -0.25) is 14.3 Å². The minimum atomic E-state index is -0.430. The number of hydrogen-bond acceptors (Lipinski definition) is 4. The molecule has 1 aliphatic heterocycles. The largest absolute Gasteiger partial charge is 0.488 e. The van der Waals surface area contributed by atoms with Crippen LogP contribution >= 0.6 is 0 Å². The first-order valence-electron chi connectivity index (χ1n) is 10.8. The van der Waals surface area contributed by atoms with Gasteiger partial charge in [-0.25, -0.2) is 4.39 Å². The number of ether oxygens (including phenoxy) is 1. The number of aryl methyl sites for hydroxylation is 1. The van der Waals surface area contributed by atoms with Crippen LogP contribution in [0.2, 0.25) is 0 Å². The van der Waals surface area contributed by atoms with Gasteiger partial charge in [0, 0.05) is 19.0 Å². The Hall–Kier alpha value is -3.48. The summed E-state index contributed by atoms with van der Waals surface area (Å²) in [4.78, 5) is 27.4. The molecule has 1 aromatic heterocycles. The van der Waals surface area contributed by atoms with E-state index in [1.165, 1.54) is 18.3 Å². The molecule has 4 rings (SSSR count). The van der Waals surface area contributed by atoms with Crippen molar-refractivity contribution in [3.8, 4) is 5.75 Å². The summed E-state index contributed by atoms with van der Waals surface area (Å²) in [6.45, 7) is 6.75. The minimum absolute atomic E-state index is 0.0119. The summed E-state index contributed by atoms with van der Waals surface area (Å²) in [5.41, 5.74) is 2.55. The average molecular weight is 435 g/mol. The molecule has 0 spiro atoms. The van der Waals surface area contributed by atoms with Crippen LogP contribution in [-0.4, -0.2) is 40.3 Å². The number of halogens is 1. The third-order valence-electron chi connectivity index (χ3n) is 5.84. The number of amides is 1. The lowest BCUT2D eigenvalue weighted by molar-refractivity contribution is 0.0643. The van der Waals surface area contributed by atoms with Crippen LogP contribution in [0.3, 0.4) is 0 Å². The van der Waals surface area contributed by atoms with Gasteiger partial charge in [0.25, 0.3) is 5.91 Å². The van der Waals surface area contributed by atoms with Gasteiger partial charge in [-0.1, -0.05) is 42.0 Å². The fourth-order valence-electron chi connectivity index (χ4n) is 4.44. The SMILES string of the molecule is CCOc1c2n(ncc1=O)C(C(c1cccc(C)c1)c1cccc(F)c1)CN(CC)C2=O. The molecule has 2 atom stereocenters. The molecule has 1 aliphatic rings. The molecule has 0 bridgehead atoms. The van der Waals surface area contributed by atoms with Crippen molar-refractivity contribution in [2.75, 3.05) is 19.7 Å². The van der Waals surface area contributed by atoms with E-state index in [0.717, 1.165) is 16.7 Å². The van der Waals surface area contributed by atoms with Crippen LogP contribution in [0.4, 0.5) is 4.39 Å². The Morgan fingerprint density at radius 1 is 1.12 bits per heavy atom. The highest BCUT2D eigenvalue weighted by molar-refractivity contribution is 5.95.